The van der Waals surface area contributed by atoms with Crippen LogP contribution >= 0.6 is 21.6 Å². The molecule has 1 fully saturated rings. The Kier molecular flexibility index (Phi) is 9.96. The molecule has 2 amide bonds. The molecule has 9 nitrogen and oxygen atoms in total. The van der Waals surface area contributed by atoms with Crippen molar-refractivity contribution in [2.45, 2.75) is 44.4 Å². The minimum Gasteiger partial charge on any atom is -0.364 e. The molecular weight excluding hydrogens is 567 g/mol. The van der Waals surface area contributed by atoms with Gasteiger partial charge in [0.1, 0.15) is 30.0 Å². The fraction of sp³-hybridized carbons (Fsp3) is 0.385. The van der Waals surface area contributed by atoms with Crippen LogP contribution in [0.25, 0.3) is 11.0 Å². The molecule has 1 aliphatic heterocycles. The number of hydrogen-bond acceptors (Lipinski definition) is 8. The molecule has 2 aromatic heterocycles. The van der Waals surface area contributed by atoms with Crippen molar-refractivity contribution in [3.05, 3.63) is 54.0 Å². The molecule has 40 heavy (non-hydrogen) atoms. The van der Waals surface area contributed by atoms with Gasteiger partial charge in [-0.3, -0.25) is 9.59 Å². The van der Waals surface area contributed by atoms with Gasteiger partial charge in [0.15, 0.2) is 0 Å². The lowest BCUT2D eigenvalue weighted by Crippen LogP contribution is -2.36. The average molecular weight is 594 g/mol. The third kappa shape index (κ3) is 7.08. The Morgan fingerprint density at radius 2 is 2.02 bits per heavy atom. The summed E-state index contributed by atoms with van der Waals surface area (Å²) in [6.07, 6.45) is 0.394. The number of hydrogen-bond donors (Lipinski definition) is 2. The molecule has 14 heteroatoms. The van der Waals surface area contributed by atoms with Crippen LogP contribution in [0.2, 0.25) is 0 Å². The van der Waals surface area contributed by atoms with E-state index in [2.05, 4.69) is 27.1 Å². The summed E-state index contributed by atoms with van der Waals surface area (Å²) in [5.74, 6) is 3.52. The number of alkyl halides is 3. The molecule has 2 N–H and O–H groups in total. The third-order valence-corrected chi connectivity index (χ3v) is 7.50. The second-order valence-corrected chi connectivity index (χ2v) is 11.1. The summed E-state index contributed by atoms with van der Waals surface area (Å²) in [6.45, 7) is 1.47. The number of carbonyl (C=O) groups is 2. The van der Waals surface area contributed by atoms with E-state index in [1.807, 2.05) is 13.2 Å². The van der Waals surface area contributed by atoms with Gasteiger partial charge in [0.25, 0.3) is 5.91 Å². The van der Waals surface area contributed by atoms with Gasteiger partial charge in [0.05, 0.1) is 29.7 Å². The maximum Gasteiger partial charge on any atom is 0.471 e. The van der Waals surface area contributed by atoms with Crippen molar-refractivity contribution in [1.29, 1.82) is 0 Å². The van der Waals surface area contributed by atoms with Gasteiger partial charge in [-0.15, -0.1) is 0 Å². The molecule has 1 aromatic carbocycles. The highest BCUT2D eigenvalue weighted by molar-refractivity contribution is 8.76. The summed E-state index contributed by atoms with van der Waals surface area (Å²) in [5.41, 5.74) is 1.17. The predicted octanol–water partition coefficient (Wildman–Crippen LogP) is 4.77. The maximum atomic E-state index is 12.9. The third-order valence-electron chi connectivity index (χ3n) is 6.04. The largest absolute Gasteiger partial charge is 0.471 e. The van der Waals surface area contributed by atoms with Crippen LogP contribution in [0.5, 0.6) is 0 Å². The summed E-state index contributed by atoms with van der Waals surface area (Å²) >= 11 is 0. The van der Waals surface area contributed by atoms with Crippen LogP contribution < -0.4 is 10.6 Å². The highest BCUT2D eigenvalue weighted by Crippen LogP contribution is 2.37. The van der Waals surface area contributed by atoms with Crippen LogP contribution in [0.15, 0.2) is 42.9 Å². The van der Waals surface area contributed by atoms with E-state index in [1.165, 1.54) is 6.33 Å². The van der Waals surface area contributed by atoms with E-state index in [0.29, 0.717) is 34.5 Å². The smallest absolute Gasteiger partial charge is 0.364 e. The van der Waals surface area contributed by atoms with Crippen LogP contribution in [-0.4, -0.2) is 63.5 Å². The fourth-order valence-corrected chi connectivity index (χ4v) is 4.98. The monoisotopic (exact) mass is 593 g/mol. The van der Waals surface area contributed by atoms with Gasteiger partial charge in [-0.05, 0) is 24.8 Å². The van der Waals surface area contributed by atoms with E-state index in [4.69, 9.17) is 9.47 Å². The highest BCUT2D eigenvalue weighted by Gasteiger charge is 2.38. The minimum absolute atomic E-state index is 0.154. The molecule has 3 atom stereocenters. The second kappa shape index (κ2) is 13.4. The molecule has 0 bridgehead atoms. The lowest BCUT2D eigenvalue weighted by Gasteiger charge is -2.16. The zero-order chi connectivity index (χ0) is 28.7. The Balaban J connectivity index is 1.68. The number of benzene rings is 1. The lowest BCUT2D eigenvalue weighted by atomic mass is 10.1. The Morgan fingerprint density at radius 1 is 1.25 bits per heavy atom. The number of nitrogens with zero attached hydrogens (tertiary/aromatic N) is 3. The molecule has 1 saturated heterocycles. The highest BCUT2D eigenvalue weighted by atomic mass is 33.1. The first kappa shape index (κ1) is 29.7. The van der Waals surface area contributed by atoms with E-state index < -0.39 is 30.8 Å². The number of amides is 2. The van der Waals surface area contributed by atoms with Crippen molar-refractivity contribution in [3.8, 4) is 11.8 Å². The number of anilines is 1. The van der Waals surface area contributed by atoms with Gasteiger partial charge in [-0.2, -0.15) is 13.2 Å². The lowest BCUT2D eigenvalue weighted by molar-refractivity contribution is -0.173. The first-order chi connectivity index (χ1) is 19.2. The fourth-order valence-electron chi connectivity index (χ4n) is 4.20. The quantitative estimate of drug-likeness (QED) is 0.158. The number of carbonyl (C=O) groups excluding carboxylic acids is 2. The van der Waals surface area contributed by atoms with Gasteiger partial charge in [-0.25, -0.2) is 9.97 Å². The van der Waals surface area contributed by atoms with Crippen molar-refractivity contribution in [2.24, 2.45) is 0 Å². The van der Waals surface area contributed by atoms with Gasteiger partial charge in [0.2, 0.25) is 0 Å². The summed E-state index contributed by atoms with van der Waals surface area (Å²) in [4.78, 5) is 32.7. The van der Waals surface area contributed by atoms with E-state index in [9.17, 15) is 22.8 Å². The number of halogens is 3. The summed E-state index contributed by atoms with van der Waals surface area (Å²) in [5, 5.41) is 4.89. The Bertz CT molecular complexity index is 1410. The Hall–Kier alpha value is -3.25. The first-order valence-corrected chi connectivity index (χ1v) is 14.9. The molecule has 0 radical (unpaired) electrons. The van der Waals surface area contributed by atoms with Crippen LogP contribution in [-0.2, 0) is 14.3 Å². The summed E-state index contributed by atoms with van der Waals surface area (Å²) in [7, 11) is 3.19. The van der Waals surface area contributed by atoms with E-state index in [0.717, 1.165) is 6.42 Å². The molecule has 1 aliphatic rings. The van der Waals surface area contributed by atoms with Crippen LogP contribution in [0, 0.1) is 11.8 Å². The number of nitrogens with one attached hydrogen (secondary N) is 2. The van der Waals surface area contributed by atoms with Crippen molar-refractivity contribution in [1.82, 2.24) is 19.9 Å². The average Bonchev–Trinajstić information content (AvgIpc) is 3.52. The van der Waals surface area contributed by atoms with E-state index >= 15 is 0 Å². The number of fused-ring (bicyclic) bond motifs is 1. The second-order valence-electron chi connectivity index (χ2n) is 8.55. The van der Waals surface area contributed by atoms with E-state index in [-0.39, 0.29) is 18.0 Å². The standard InChI is InChI=1S/C26H26F3N5O4S2/c1-3-18-19(37-15-40-39-2)12-20(38-18)34-13-17(10-7-11-30-25(36)26(27,28)29)21-22(31-14-32-23(21)34)33-24(35)16-8-5-4-6-9-16/h4-6,8-9,13-14,18-20H,3,11-12,15H2,1-2H3,(H,30,36)(H,31,32,33,35)/t18-,19-,20-/m1/s1. The molecular formula is C26H26F3N5O4S2. The van der Waals surface area contributed by atoms with Gasteiger partial charge in [-0.1, -0.05) is 58.6 Å². The molecule has 0 unspecified atom stereocenters. The Labute approximate surface area is 236 Å². The van der Waals surface area contributed by atoms with Gasteiger partial charge < -0.3 is 24.7 Å². The number of ether oxygens (including phenoxy) is 2. The van der Waals surface area contributed by atoms with Crippen LogP contribution in [0.3, 0.4) is 0 Å². The number of rotatable bonds is 9. The molecule has 3 aromatic rings. The van der Waals surface area contributed by atoms with Crippen LogP contribution in [0.1, 0.15) is 41.9 Å². The molecule has 0 spiro atoms. The van der Waals surface area contributed by atoms with E-state index in [1.54, 1.807) is 68.0 Å². The molecule has 212 valence electrons. The molecule has 4 rings (SSSR count). The molecule has 0 aliphatic carbocycles. The number of aromatic nitrogens is 3. The van der Waals surface area contributed by atoms with Gasteiger partial charge >= 0.3 is 12.1 Å². The zero-order valence-electron chi connectivity index (χ0n) is 21.5. The normalized spacial score (nSPS) is 18.8. The Morgan fingerprint density at radius 3 is 2.73 bits per heavy atom. The van der Waals surface area contributed by atoms with Crippen molar-refractivity contribution < 1.29 is 32.2 Å². The summed E-state index contributed by atoms with van der Waals surface area (Å²) in [6, 6.07) is 8.54. The minimum atomic E-state index is -5.01. The molecule has 0 saturated carbocycles. The van der Waals surface area contributed by atoms with Crippen molar-refractivity contribution in [2.75, 3.05) is 24.1 Å². The maximum absolute atomic E-state index is 12.9. The topological polar surface area (TPSA) is 107 Å². The van der Waals surface area contributed by atoms with Crippen molar-refractivity contribution >= 4 is 50.3 Å². The zero-order valence-corrected chi connectivity index (χ0v) is 23.2. The predicted molar refractivity (Wildman–Crippen MR) is 148 cm³/mol. The summed E-state index contributed by atoms with van der Waals surface area (Å²) < 4.78 is 51.7. The van der Waals surface area contributed by atoms with Gasteiger partial charge in [0, 0.05) is 18.2 Å². The van der Waals surface area contributed by atoms with Crippen LogP contribution in [0.4, 0.5) is 19.0 Å². The SMILES string of the molecule is CC[C@H]1O[C@@H](n2cc(C#CCNC(=O)C(F)(F)F)c3c(NC(=O)c4ccccc4)ncnc32)C[C@H]1OCSSC. The molecule has 3 heterocycles. The first-order valence-electron chi connectivity index (χ1n) is 12.2. The van der Waals surface area contributed by atoms with Crippen molar-refractivity contribution in [3.63, 3.8) is 0 Å².